The topological polar surface area (TPSA) is 89.9 Å². The molecule has 2 N–H and O–H groups in total. The molecule has 3 heterocycles. The van der Waals surface area contributed by atoms with E-state index < -0.39 is 10.0 Å². The number of hydrogen-bond acceptors (Lipinski definition) is 5. The van der Waals surface area contributed by atoms with Crippen LogP contribution in [0.1, 0.15) is 31.4 Å². The van der Waals surface area contributed by atoms with Crippen LogP contribution in [0.2, 0.25) is 0 Å². The van der Waals surface area contributed by atoms with Crippen molar-refractivity contribution in [3.05, 3.63) is 30.1 Å². The molecular formula is C20H34N6O2S. The van der Waals surface area contributed by atoms with Crippen molar-refractivity contribution in [2.75, 3.05) is 46.0 Å². The van der Waals surface area contributed by atoms with Crippen LogP contribution in [0.25, 0.3) is 0 Å². The van der Waals surface area contributed by atoms with Gasteiger partial charge in [-0.25, -0.2) is 12.7 Å². The Labute approximate surface area is 174 Å². The molecule has 2 aliphatic rings. The second-order valence-electron chi connectivity index (χ2n) is 8.07. The minimum absolute atomic E-state index is 0.424. The molecular weight excluding hydrogens is 388 g/mol. The van der Waals surface area contributed by atoms with E-state index in [0.717, 1.165) is 63.5 Å². The monoisotopic (exact) mass is 422 g/mol. The molecule has 0 bridgehead atoms. The van der Waals surface area contributed by atoms with E-state index in [-0.39, 0.29) is 0 Å². The van der Waals surface area contributed by atoms with Crippen LogP contribution in [0, 0.1) is 5.92 Å². The van der Waals surface area contributed by atoms with E-state index in [1.807, 2.05) is 18.3 Å². The molecule has 162 valence electrons. The third-order valence-corrected chi connectivity index (χ3v) is 7.17. The van der Waals surface area contributed by atoms with Gasteiger partial charge < -0.3 is 10.6 Å². The summed E-state index contributed by atoms with van der Waals surface area (Å²) in [5, 5.41) is 6.99. The van der Waals surface area contributed by atoms with E-state index in [0.29, 0.717) is 25.0 Å². The second-order valence-corrected chi connectivity index (χ2v) is 10.1. The summed E-state index contributed by atoms with van der Waals surface area (Å²) in [5.74, 6) is 1.32. The van der Waals surface area contributed by atoms with Gasteiger partial charge in [-0.2, -0.15) is 0 Å². The van der Waals surface area contributed by atoms with Crippen molar-refractivity contribution in [3.8, 4) is 0 Å². The number of piperidine rings is 2. The highest BCUT2D eigenvalue weighted by molar-refractivity contribution is 7.88. The molecule has 0 atom stereocenters. The Balaban J connectivity index is 1.36. The summed E-state index contributed by atoms with van der Waals surface area (Å²) in [5.41, 5.74) is 1.12. The van der Waals surface area contributed by atoms with Gasteiger partial charge in [0.25, 0.3) is 0 Å². The molecule has 0 spiro atoms. The highest BCUT2D eigenvalue weighted by Gasteiger charge is 2.25. The van der Waals surface area contributed by atoms with Crippen molar-refractivity contribution < 1.29 is 8.42 Å². The van der Waals surface area contributed by atoms with Gasteiger partial charge in [0.15, 0.2) is 5.96 Å². The van der Waals surface area contributed by atoms with Gasteiger partial charge in [0, 0.05) is 58.6 Å². The van der Waals surface area contributed by atoms with Crippen LogP contribution >= 0.6 is 0 Å². The zero-order valence-corrected chi connectivity index (χ0v) is 18.4. The van der Waals surface area contributed by atoms with Crippen molar-refractivity contribution in [1.82, 2.24) is 24.8 Å². The molecule has 2 fully saturated rings. The first kappa shape index (κ1) is 22.0. The van der Waals surface area contributed by atoms with Gasteiger partial charge in [-0.15, -0.1) is 0 Å². The Hall–Kier alpha value is -1.71. The molecule has 2 saturated heterocycles. The first-order chi connectivity index (χ1) is 13.9. The van der Waals surface area contributed by atoms with Crippen molar-refractivity contribution >= 4 is 16.0 Å². The Kier molecular flexibility index (Phi) is 7.85. The number of aromatic nitrogens is 1. The van der Waals surface area contributed by atoms with Crippen LogP contribution in [-0.4, -0.2) is 80.6 Å². The zero-order chi connectivity index (χ0) is 20.7. The molecule has 0 unspecified atom stereocenters. The quantitative estimate of drug-likeness (QED) is 0.523. The number of guanidine groups is 1. The highest BCUT2D eigenvalue weighted by Crippen LogP contribution is 2.18. The number of aliphatic imine (C=N–C) groups is 1. The number of nitrogens with one attached hydrogen (secondary N) is 2. The second kappa shape index (κ2) is 10.4. The molecule has 8 nitrogen and oxygen atoms in total. The van der Waals surface area contributed by atoms with Crippen LogP contribution in [0.4, 0.5) is 0 Å². The van der Waals surface area contributed by atoms with Crippen molar-refractivity contribution in [2.24, 2.45) is 10.9 Å². The summed E-state index contributed by atoms with van der Waals surface area (Å²) in [6, 6.07) is 6.49. The third-order valence-electron chi connectivity index (χ3n) is 5.86. The molecule has 0 saturated carbocycles. The molecule has 0 radical (unpaired) electrons. The summed E-state index contributed by atoms with van der Waals surface area (Å²) in [4.78, 5) is 11.2. The Morgan fingerprint density at radius 1 is 1.17 bits per heavy atom. The van der Waals surface area contributed by atoms with Crippen LogP contribution in [-0.2, 0) is 16.6 Å². The molecule has 0 aliphatic carbocycles. The molecule has 9 heteroatoms. The van der Waals surface area contributed by atoms with E-state index >= 15 is 0 Å². The van der Waals surface area contributed by atoms with Crippen LogP contribution in [0.15, 0.2) is 29.4 Å². The Morgan fingerprint density at radius 2 is 1.90 bits per heavy atom. The lowest BCUT2D eigenvalue weighted by molar-refractivity contribution is 0.196. The lowest BCUT2D eigenvalue weighted by Crippen LogP contribution is -2.50. The molecule has 0 aromatic carbocycles. The SMILES string of the molecule is CN=C(NCC1CCN(S(C)(=O)=O)CC1)NC1CCN(Cc2ccccn2)CC1. The summed E-state index contributed by atoms with van der Waals surface area (Å²) in [6.07, 6.45) is 7.09. The molecule has 0 amide bonds. The van der Waals surface area contributed by atoms with Crippen LogP contribution in [0.5, 0.6) is 0 Å². The maximum atomic E-state index is 11.6. The number of sulfonamides is 1. The molecule has 3 rings (SSSR count). The number of pyridine rings is 1. The standard InChI is InChI=1S/C20H34N6O2S/c1-21-20(23-15-17-6-13-26(14-7-17)29(2,27)28)24-18-8-11-25(12-9-18)16-19-5-3-4-10-22-19/h3-5,10,17-18H,6-9,11-16H2,1-2H3,(H2,21,23,24). The summed E-state index contributed by atoms with van der Waals surface area (Å²) >= 11 is 0. The molecule has 1 aromatic heterocycles. The van der Waals surface area contributed by atoms with E-state index in [2.05, 4.69) is 31.6 Å². The highest BCUT2D eigenvalue weighted by atomic mass is 32.2. The maximum absolute atomic E-state index is 11.6. The van der Waals surface area contributed by atoms with E-state index in [9.17, 15) is 8.42 Å². The van der Waals surface area contributed by atoms with Crippen molar-refractivity contribution in [1.29, 1.82) is 0 Å². The summed E-state index contributed by atoms with van der Waals surface area (Å²) < 4.78 is 24.8. The van der Waals surface area contributed by atoms with Gasteiger partial charge in [0.1, 0.15) is 0 Å². The van der Waals surface area contributed by atoms with Crippen molar-refractivity contribution in [2.45, 2.75) is 38.3 Å². The summed E-state index contributed by atoms with van der Waals surface area (Å²) in [7, 11) is -1.26. The minimum atomic E-state index is -3.06. The average molecular weight is 423 g/mol. The Bertz CT molecular complexity index is 754. The van der Waals surface area contributed by atoms with Gasteiger partial charge in [0.05, 0.1) is 11.9 Å². The van der Waals surface area contributed by atoms with Gasteiger partial charge >= 0.3 is 0 Å². The fraction of sp³-hybridized carbons (Fsp3) is 0.700. The maximum Gasteiger partial charge on any atom is 0.211 e. The summed E-state index contributed by atoms with van der Waals surface area (Å²) in [6.45, 7) is 5.07. The fourth-order valence-corrected chi connectivity index (χ4v) is 4.90. The molecule has 29 heavy (non-hydrogen) atoms. The normalized spacial score (nSPS) is 21.2. The first-order valence-corrected chi connectivity index (χ1v) is 12.3. The van der Waals surface area contributed by atoms with Crippen LogP contribution < -0.4 is 10.6 Å². The predicted molar refractivity (Wildman–Crippen MR) is 116 cm³/mol. The number of likely N-dealkylation sites (tertiary alicyclic amines) is 1. The van der Waals surface area contributed by atoms with Gasteiger partial charge in [-0.1, -0.05) is 6.07 Å². The lowest BCUT2D eigenvalue weighted by atomic mass is 9.98. The molecule has 2 aliphatic heterocycles. The van der Waals surface area contributed by atoms with Crippen molar-refractivity contribution in [3.63, 3.8) is 0 Å². The van der Waals surface area contributed by atoms with Gasteiger partial charge in [0.2, 0.25) is 10.0 Å². The molecule has 1 aromatic rings. The zero-order valence-electron chi connectivity index (χ0n) is 17.5. The first-order valence-electron chi connectivity index (χ1n) is 10.5. The average Bonchev–Trinajstić information content (AvgIpc) is 2.73. The minimum Gasteiger partial charge on any atom is -0.356 e. The lowest BCUT2D eigenvalue weighted by Gasteiger charge is -2.33. The number of rotatable bonds is 6. The number of nitrogens with zero attached hydrogens (tertiary/aromatic N) is 4. The largest absolute Gasteiger partial charge is 0.356 e. The Morgan fingerprint density at radius 3 is 2.48 bits per heavy atom. The fourth-order valence-electron chi connectivity index (χ4n) is 4.03. The van der Waals surface area contributed by atoms with Crippen LogP contribution in [0.3, 0.4) is 0 Å². The van der Waals surface area contributed by atoms with E-state index in [1.165, 1.54) is 6.26 Å². The van der Waals surface area contributed by atoms with E-state index in [1.54, 1.807) is 11.4 Å². The smallest absolute Gasteiger partial charge is 0.211 e. The third kappa shape index (κ3) is 6.94. The van der Waals surface area contributed by atoms with Gasteiger partial charge in [-0.3, -0.25) is 14.9 Å². The predicted octanol–water partition coefficient (Wildman–Crippen LogP) is 0.883. The van der Waals surface area contributed by atoms with E-state index in [4.69, 9.17) is 0 Å². The van der Waals surface area contributed by atoms with Gasteiger partial charge in [-0.05, 0) is 43.7 Å². The number of hydrogen-bond donors (Lipinski definition) is 2.